The van der Waals surface area contributed by atoms with Gasteiger partial charge in [0, 0.05) is 24.5 Å². The molecule has 0 amide bonds. The van der Waals surface area contributed by atoms with Crippen molar-refractivity contribution in [3.8, 4) is 0 Å². The fraction of sp³-hybridized carbons (Fsp3) is 0.727. The number of anilines is 1. The lowest BCUT2D eigenvalue weighted by molar-refractivity contribution is -0.154. The van der Waals surface area contributed by atoms with Crippen LogP contribution in [0.25, 0.3) is 0 Å². The van der Waals surface area contributed by atoms with Gasteiger partial charge in [0.25, 0.3) is 0 Å². The summed E-state index contributed by atoms with van der Waals surface area (Å²) in [6.45, 7) is 3.81. The van der Waals surface area contributed by atoms with Crippen LogP contribution in [0.3, 0.4) is 0 Å². The molecule has 1 aromatic heterocycles. The molecule has 1 unspecified atom stereocenters. The molecular formula is C11H17N3O3S. The molecule has 6 nitrogen and oxygen atoms in total. The van der Waals surface area contributed by atoms with E-state index in [1.165, 1.54) is 18.6 Å². The van der Waals surface area contributed by atoms with Crippen LogP contribution in [0.1, 0.15) is 19.2 Å². The van der Waals surface area contributed by atoms with Crippen LogP contribution in [-0.2, 0) is 20.7 Å². The SMILES string of the molecule is CCCc1nsc(N2CCOC(C(=O)OC)C2)n1. The monoisotopic (exact) mass is 271 g/mol. The van der Waals surface area contributed by atoms with Crippen molar-refractivity contribution < 1.29 is 14.3 Å². The van der Waals surface area contributed by atoms with Gasteiger partial charge in [-0.25, -0.2) is 9.78 Å². The van der Waals surface area contributed by atoms with Crippen molar-refractivity contribution in [3.05, 3.63) is 5.82 Å². The molecule has 100 valence electrons. The van der Waals surface area contributed by atoms with Crippen molar-refractivity contribution in [1.82, 2.24) is 9.36 Å². The number of carbonyl (C=O) groups excluding carboxylic acids is 1. The largest absolute Gasteiger partial charge is 0.467 e. The maximum absolute atomic E-state index is 11.4. The van der Waals surface area contributed by atoms with E-state index in [1.807, 2.05) is 4.90 Å². The van der Waals surface area contributed by atoms with E-state index in [4.69, 9.17) is 9.47 Å². The van der Waals surface area contributed by atoms with Crippen molar-refractivity contribution in [2.45, 2.75) is 25.9 Å². The van der Waals surface area contributed by atoms with Gasteiger partial charge >= 0.3 is 5.97 Å². The van der Waals surface area contributed by atoms with Crippen molar-refractivity contribution >= 4 is 22.6 Å². The summed E-state index contributed by atoms with van der Waals surface area (Å²) in [4.78, 5) is 17.9. The number of aryl methyl sites for hydroxylation is 1. The second-order valence-corrected chi connectivity index (χ2v) is 4.80. The lowest BCUT2D eigenvalue weighted by atomic mass is 10.3. The number of morpholine rings is 1. The first-order chi connectivity index (χ1) is 8.74. The van der Waals surface area contributed by atoms with Gasteiger partial charge in [0.05, 0.1) is 20.3 Å². The summed E-state index contributed by atoms with van der Waals surface area (Å²) in [6.07, 6.45) is 1.40. The Kier molecular flexibility index (Phi) is 4.48. The van der Waals surface area contributed by atoms with Gasteiger partial charge in [-0.15, -0.1) is 0 Å². The van der Waals surface area contributed by atoms with Crippen LogP contribution >= 0.6 is 11.5 Å². The quantitative estimate of drug-likeness (QED) is 0.757. The molecule has 0 radical (unpaired) electrons. The highest BCUT2D eigenvalue weighted by Crippen LogP contribution is 2.20. The van der Waals surface area contributed by atoms with Gasteiger partial charge in [-0.1, -0.05) is 6.92 Å². The van der Waals surface area contributed by atoms with E-state index in [-0.39, 0.29) is 5.97 Å². The number of aromatic nitrogens is 2. The maximum atomic E-state index is 11.4. The number of methoxy groups -OCH3 is 1. The average Bonchev–Trinajstić information content (AvgIpc) is 2.87. The number of carbonyl (C=O) groups is 1. The Morgan fingerprint density at radius 2 is 2.50 bits per heavy atom. The molecule has 0 bridgehead atoms. The molecule has 1 saturated heterocycles. The zero-order valence-corrected chi connectivity index (χ0v) is 11.4. The van der Waals surface area contributed by atoms with Crippen LogP contribution < -0.4 is 4.90 Å². The molecule has 0 aromatic carbocycles. The summed E-state index contributed by atoms with van der Waals surface area (Å²) < 4.78 is 14.4. The van der Waals surface area contributed by atoms with Gasteiger partial charge in [0.1, 0.15) is 5.82 Å². The average molecular weight is 271 g/mol. The molecule has 18 heavy (non-hydrogen) atoms. The van der Waals surface area contributed by atoms with Crippen LogP contribution in [-0.4, -0.2) is 48.2 Å². The zero-order valence-electron chi connectivity index (χ0n) is 10.6. The lowest BCUT2D eigenvalue weighted by Gasteiger charge is -2.30. The minimum Gasteiger partial charge on any atom is -0.467 e. The molecule has 7 heteroatoms. The van der Waals surface area contributed by atoms with Gasteiger partial charge in [-0.2, -0.15) is 4.37 Å². The summed E-state index contributed by atoms with van der Waals surface area (Å²) >= 11 is 1.37. The normalized spacial score (nSPS) is 19.9. The van der Waals surface area contributed by atoms with Crippen LogP contribution in [0.2, 0.25) is 0 Å². The van der Waals surface area contributed by atoms with E-state index in [1.54, 1.807) is 0 Å². The third kappa shape index (κ3) is 2.97. The number of hydrogen-bond acceptors (Lipinski definition) is 7. The predicted molar refractivity (Wildman–Crippen MR) is 67.9 cm³/mol. The number of esters is 1. The van der Waals surface area contributed by atoms with Crippen LogP contribution in [0.15, 0.2) is 0 Å². The Balaban J connectivity index is 2.01. The third-order valence-corrected chi connectivity index (χ3v) is 3.55. The van der Waals surface area contributed by atoms with E-state index >= 15 is 0 Å². The zero-order chi connectivity index (χ0) is 13.0. The van der Waals surface area contributed by atoms with E-state index in [0.29, 0.717) is 13.2 Å². The molecule has 1 aliphatic heterocycles. The fourth-order valence-electron chi connectivity index (χ4n) is 1.80. The minimum atomic E-state index is -0.526. The topological polar surface area (TPSA) is 64.6 Å². The fourth-order valence-corrected chi connectivity index (χ4v) is 2.54. The van der Waals surface area contributed by atoms with Crippen molar-refractivity contribution in [2.24, 2.45) is 0 Å². The number of ether oxygens (including phenoxy) is 2. The van der Waals surface area contributed by atoms with Crippen LogP contribution in [0.5, 0.6) is 0 Å². The standard InChI is InChI=1S/C11H17N3O3S/c1-3-4-9-12-11(18-13-9)14-5-6-17-8(7-14)10(15)16-2/h8H,3-7H2,1-2H3. The van der Waals surface area contributed by atoms with Gasteiger partial charge in [0.2, 0.25) is 5.13 Å². The van der Waals surface area contributed by atoms with Crippen molar-refractivity contribution in [1.29, 1.82) is 0 Å². The Hall–Kier alpha value is -1.21. The van der Waals surface area contributed by atoms with Gasteiger partial charge in [-0.05, 0) is 6.42 Å². The molecule has 0 spiro atoms. The molecule has 2 heterocycles. The van der Waals surface area contributed by atoms with Crippen LogP contribution in [0, 0.1) is 0 Å². The van der Waals surface area contributed by atoms with Gasteiger partial charge < -0.3 is 14.4 Å². The summed E-state index contributed by atoms with van der Waals surface area (Å²) in [7, 11) is 1.37. The second kappa shape index (κ2) is 6.10. The first-order valence-corrected chi connectivity index (χ1v) is 6.79. The highest BCUT2D eigenvalue weighted by molar-refractivity contribution is 7.09. The molecular weight excluding hydrogens is 254 g/mol. The maximum Gasteiger partial charge on any atom is 0.336 e. The molecule has 0 N–H and O–H groups in total. The second-order valence-electron chi connectivity index (χ2n) is 4.07. The minimum absolute atomic E-state index is 0.335. The summed E-state index contributed by atoms with van der Waals surface area (Å²) in [5.74, 6) is 0.539. The molecule has 0 saturated carbocycles. The van der Waals surface area contributed by atoms with Crippen molar-refractivity contribution in [2.75, 3.05) is 31.7 Å². The Morgan fingerprint density at radius 1 is 1.67 bits per heavy atom. The first-order valence-electron chi connectivity index (χ1n) is 6.01. The number of rotatable bonds is 4. The smallest absolute Gasteiger partial charge is 0.336 e. The number of nitrogens with zero attached hydrogens (tertiary/aromatic N) is 3. The molecule has 2 rings (SSSR count). The van der Waals surface area contributed by atoms with E-state index < -0.39 is 6.10 Å². The summed E-state index contributed by atoms with van der Waals surface area (Å²) in [6, 6.07) is 0. The molecule has 1 fully saturated rings. The first kappa shape index (κ1) is 13.2. The Bertz CT molecular complexity index is 410. The number of hydrogen-bond donors (Lipinski definition) is 0. The highest BCUT2D eigenvalue weighted by Gasteiger charge is 2.28. The Labute approximate surface area is 110 Å². The molecule has 1 aromatic rings. The Morgan fingerprint density at radius 3 is 3.22 bits per heavy atom. The predicted octanol–water partition coefficient (Wildman–Crippen LogP) is 0.869. The molecule has 1 aliphatic rings. The highest BCUT2D eigenvalue weighted by atomic mass is 32.1. The third-order valence-electron chi connectivity index (χ3n) is 2.73. The van der Waals surface area contributed by atoms with E-state index in [9.17, 15) is 4.79 Å². The summed E-state index contributed by atoms with van der Waals surface area (Å²) in [5, 5.41) is 0.857. The van der Waals surface area contributed by atoms with Gasteiger partial charge in [0.15, 0.2) is 6.10 Å². The summed E-state index contributed by atoms with van der Waals surface area (Å²) in [5.41, 5.74) is 0. The molecule has 1 atom stereocenters. The van der Waals surface area contributed by atoms with Crippen LogP contribution in [0.4, 0.5) is 5.13 Å². The van der Waals surface area contributed by atoms with Gasteiger partial charge in [-0.3, -0.25) is 0 Å². The lowest BCUT2D eigenvalue weighted by Crippen LogP contribution is -2.46. The van der Waals surface area contributed by atoms with E-state index in [2.05, 4.69) is 16.3 Å². The van der Waals surface area contributed by atoms with E-state index in [0.717, 1.165) is 30.3 Å². The van der Waals surface area contributed by atoms with Crippen molar-refractivity contribution in [3.63, 3.8) is 0 Å². The molecule has 0 aliphatic carbocycles.